The van der Waals surface area contributed by atoms with Crippen LogP contribution in [0, 0.1) is 0 Å². The van der Waals surface area contributed by atoms with Crippen LogP contribution in [0.3, 0.4) is 0 Å². The number of furan rings is 1. The molecule has 1 fully saturated rings. The van der Waals surface area contributed by atoms with Crippen molar-refractivity contribution < 1.29 is 4.42 Å². The Balaban J connectivity index is 1.98. The summed E-state index contributed by atoms with van der Waals surface area (Å²) in [5, 5.41) is 0.918. The molecular formula is C10H10N2OS. The van der Waals surface area contributed by atoms with Crippen molar-refractivity contribution in [2.45, 2.75) is 18.4 Å². The topological polar surface area (TPSA) is 52.0 Å². The summed E-state index contributed by atoms with van der Waals surface area (Å²) in [6, 6.07) is 3.78. The van der Waals surface area contributed by atoms with Crippen LogP contribution in [0.15, 0.2) is 29.0 Å². The Kier molecular flexibility index (Phi) is 1.57. The fraction of sp³-hybridized carbons (Fsp3) is 0.300. The monoisotopic (exact) mass is 206 g/mol. The van der Waals surface area contributed by atoms with E-state index in [-0.39, 0.29) is 5.54 Å². The van der Waals surface area contributed by atoms with E-state index in [1.165, 1.54) is 4.88 Å². The van der Waals surface area contributed by atoms with Gasteiger partial charge in [0.1, 0.15) is 0 Å². The van der Waals surface area contributed by atoms with Crippen LogP contribution >= 0.6 is 11.3 Å². The van der Waals surface area contributed by atoms with Crippen molar-refractivity contribution in [1.82, 2.24) is 4.98 Å². The molecule has 0 bridgehead atoms. The zero-order valence-corrected chi connectivity index (χ0v) is 8.38. The first-order valence-corrected chi connectivity index (χ1v) is 5.39. The van der Waals surface area contributed by atoms with Crippen molar-refractivity contribution in [3.63, 3.8) is 0 Å². The Hall–Kier alpha value is -1.13. The number of hydrogen-bond acceptors (Lipinski definition) is 4. The lowest BCUT2D eigenvalue weighted by atomic mass is 10.3. The summed E-state index contributed by atoms with van der Waals surface area (Å²) in [5.74, 6) is 0.825. The molecule has 1 saturated carbocycles. The van der Waals surface area contributed by atoms with E-state index in [1.54, 1.807) is 17.6 Å². The molecule has 3 rings (SSSR count). The van der Waals surface area contributed by atoms with Gasteiger partial charge >= 0.3 is 0 Å². The SMILES string of the molecule is NC1(c2cnc(-c3ccco3)s2)CC1. The van der Waals surface area contributed by atoms with Crippen LogP contribution in [0.25, 0.3) is 10.8 Å². The number of thiazole rings is 1. The third-order valence-corrected chi connectivity index (χ3v) is 3.75. The Labute approximate surface area is 85.6 Å². The molecule has 14 heavy (non-hydrogen) atoms. The van der Waals surface area contributed by atoms with Crippen LogP contribution in [0.4, 0.5) is 0 Å². The van der Waals surface area contributed by atoms with Crippen LogP contribution in [-0.2, 0) is 5.54 Å². The highest BCUT2D eigenvalue weighted by atomic mass is 32.1. The van der Waals surface area contributed by atoms with Gasteiger partial charge in [0, 0.05) is 11.1 Å². The van der Waals surface area contributed by atoms with Gasteiger partial charge < -0.3 is 10.2 Å². The van der Waals surface area contributed by atoms with Gasteiger partial charge in [-0.15, -0.1) is 11.3 Å². The van der Waals surface area contributed by atoms with Crippen molar-refractivity contribution in [2.24, 2.45) is 5.73 Å². The van der Waals surface area contributed by atoms with Crippen molar-refractivity contribution >= 4 is 11.3 Å². The Morgan fingerprint density at radius 1 is 1.50 bits per heavy atom. The lowest BCUT2D eigenvalue weighted by molar-refractivity contribution is 0.582. The predicted molar refractivity (Wildman–Crippen MR) is 54.9 cm³/mol. The second kappa shape index (κ2) is 2.68. The molecule has 2 aromatic rings. The van der Waals surface area contributed by atoms with Gasteiger partial charge in [0.2, 0.25) is 0 Å². The first-order chi connectivity index (χ1) is 6.78. The van der Waals surface area contributed by atoms with Gasteiger partial charge in [-0.2, -0.15) is 0 Å². The second-order valence-electron chi connectivity index (χ2n) is 3.66. The molecule has 2 aromatic heterocycles. The molecule has 0 atom stereocenters. The third-order valence-electron chi connectivity index (χ3n) is 2.52. The summed E-state index contributed by atoms with van der Waals surface area (Å²) in [7, 11) is 0. The van der Waals surface area contributed by atoms with Gasteiger partial charge in [-0.3, -0.25) is 0 Å². The molecule has 1 aliphatic rings. The summed E-state index contributed by atoms with van der Waals surface area (Å²) in [6.45, 7) is 0. The van der Waals surface area contributed by atoms with E-state index in [4.69, 9.17) is 10.2 Å². The van der Waals surface area contributed by atoms with Crippen LogP contribution in [0.2, 0.25) is 0 Å². The smallest absolute Gasteiger partial charge is 0.162 e. The summed E-state index contributed by atoms with van der Waals surface area (Å²) < 4.78 is 5.27. The quantitative estimate of drug-likeness (QED) is 0.820. The maximum Gasteiger partial charge on any atom is 0.162 e. The molecule has 4 heteroatoms. The van der Waals surface area contributed by atoms with E-state index in [1.807, 2.05) is 18.3 Å². The summed E-state index contributed by atoms with van der Waals surface area (Å²) in [4.78, 5) is 5.48. The lowest BCUT2D eigenvalue weighted by Gasteiger charge is -2.01. The van der Waals surface area contributed by atoms with Gasteiger partial charge in [0.25, 0.3) is 0 Å². The number of rotatable bonds is 2. The molecule has 1 aliphatic carbocycles. The fourth-order valence-corrected chi connectivity index (χ4v) is 2.44. The molecule has 0 spiro atoms. The van der Waals surface area contributed by atoms with Crippen molar-refractivity contribution in [2.75, 3.05) is 0 Å². The summed E-state index contributed by atoms with van der Waals surface area (Å²) in [6.07, 6.45) is 5.68. The van der Waals surface area contributed by atoms with E-state index < -0.39 is 0 Å². The number of nitrogens with two attached hydrogens (primary N) is 1. The van der Waals surface area contributed by atoms with Crippen molar-refractivity contribution in [1.29, 1.82) is 0 Å². The predicted octanol–water partition coefficient (Wildman–Crippen LogP) is 2.35. The van der Waals surface area contributed by atoms with Gasteiger partial charge in [0.05, 0.1) is 11.8 Å². The highest BCUT2D eigenvalue weighted by Gasteiger charge is 2.41. The Bertz CT molecular complexity index is 442. The van der Waals surface area contributed by atoms with E-state index in [0.717, 1.165) is 23.6 Å². The van der Waals surface area contributed by atoms with Crippen LogP contribution in [-0.4, -0.2) is 4.98 Å². The average molecular weight is 206 g/mol. The zero-order valence-electron chi connectivity index (χ0n) is 7.56. The minimum atomic E-state index is -0.0808. The molecule has 0 radical (unpaired) electrons. The van der Waals surface area contributed by atoms with E-state index >= 15 is 0 Å². The highest BCUT2D eigenvalue weighted by molar-refractivity contribution is 7.15. The standard InChI is InChI=1S/C10H10N2OS/c11-10(3-4-10)8-6-12-9(14-8)7-2-1-5-13-7/h1-2,5-6H,3-4,11H2. The zero-order chi connectivity index (χ0) is 9.60. The number of hydrogen-bond donors (Lipinski definition) is 1. The highest BCUT2D eigenvalue weighted by Crippen LogP contribution is 2.46. The third kappa shape index (κ3) is 1.19. The molecule has 72 valence electrons. The Morgan fingerprint density at radius 2 is 2.36 bits per heavy atom. The van der Waals surface area contributed by atoms with Crippen molar-refractivity contribution in [3.8, 4) is 10.8 Å². The van der Waals surface area contributed by atoms with Gasteiger partial charge in [-0.1, -0.05) is 0 Å². The Morgan fingerprint density at radius 3 is 3.00 bits per heavy atom. The van der Waals surface area contributed by atoms with Crippen LogP contribution in [0.1, 0.15) is 17.7 Å². The first kappa shape index (κ1) is 8.20. The normalized spacial score (nSPS) is 18.4. The van der Waals surface area contributed by atoms with E-state index in [9.17, 15) is 0 Å². The first-order valence-electron chi connectivity index (χ1n) is 4.57. The van der Waals surface area contributed by atoms with Crippen molar-refractivity contribution in [3.05, 3.63) is 29.5 Å². The van der Waals surface area contributed by atoms with E-state index in [0.29, 0.717) is 0 Å². The largest absolute Gasteiger partial charge is 0.462 e. The van der Waals surface area contributed by atoms with E-state index in [2.05, 4.69) is 4.98 Å². The molecule has 0 unspecified atom stereocenters. The number of aromatic nitrogens is 1. The number of nitrogens with zero attached hydrogens (tertiary/aromatic N) is 1. The molecule has 0 saturated heterocycles. The summed E-state index contributed by atoms with van der Waals surface area (Å²) >= 11 is 1.63. The average Bonchev–Trinajstić information content (AvgIpc) is 2.73. The summed E-state index contributed by atoms with van der Waals surface area (Å²) in [5.41, 5.74) is 5.99. The maximum atomic E-state index is 6.07. The molecule has 2 heterocycles. The van der Waals surface area contributed by atoms with Gasteiger partial charge in [-0.05, 0) is 25.0 Å². The maximum absolute atomic E-state index is 6.07. The molecule has 0 amide bonds. The molecular weight excluding hydrogens is 196 g/mol. The molecule has 3 nitrogen and oxygen atoms in total. The second-order valence-corrected chi connectivity index (χ2v) is 4.69. The van der Waals surface area contributed by atoms with Crippen LogP contribution < -0.4 is 5.73 Å². The fourth-order valence-electron chi connectivity index (χ4n) is 1.40. The lowest BCUT2D eigenvalue weighted by Crippen LogP contribution is -2.16. The molecule has 0 aliphatic heterocycles. The molecule has 0 aromatic carbocycles. The minimum Gasteiger partial charge on any atom is -0.462 e. The molecule has 2 N–H and O–H groups in total. The minimum absolute atomic E-state index is 0.0808. The van der Waals surface area contributed by atoms with Gasteiger partial charge in [0.15, 0.2) is 10.8 Å². The van der Waals surface area contributed by atoms with Gasteiger partial charge in [-0.25, -0.2) is 4.98 Å². The van der Waals surface area contributed by atoms with Crippen LogP contribution in [0.5, 0.6) is 0 Å².